The predicted octanol–water partition coefficient (Wildman–Crippen LogP) is 4.54. The van der Waals surface area contributed by atoms with Gasteiger partial charge >= 0.3 is 0 Å². The van der Waals surface area contributed by atoms with Crippen LogP contribution in [0.2, 0.25) is 10.0 Å². The first-order chi connectivity index (χ1) is 8.58. The van der Waals surface area contributed by atoms with E-state index in [1.807, 2.05) is 31.2 Å². The maximum absolute atomic E-state index is 6.22. The average Bonchev–Trinajstić information content (AvgIpc) is 2.35. The molecule has 1 unspecified atom stereocenters. The zero-order valence-electron chi connectivity index (χ0n) is 10.2. The lowest BCUT2D eigenvalue weighted by Gasteiger charge is -2.15. The second-order valence-corrected chi connectivity index (χ2v) is 5.23. The molecule has 18 heavy (non-hydrogen) atoms. The van der Waals surface area contributed by atoms with E-state index >= 15 is 0 Å². The molecule has 0 spiro atoms. The molecule has 0 bridgehead atoms. The fourth-order valence-corrected chi connectivity index (χ4v) is 2.47. The van der Waals surface area contributed by atoms with Gasteiger partial charge in [0.25, 0.3) is 0 Å². The zero-order chi connectivity index (χ0) is 13.1. The Bertz CT molecular complexity index is 538. The molecule has 0 aliphatic heterocycles. The van der Waals surface area contributed by atoms with Crippen LogP contribution in [-0.4, -0.2) is 0 Å². The minimum absolute atomic E-state index is 0.115. The van der Waals surface area contributed by atoms with Crippen molar-refractivity contribution in [3.8, 4) is 0 Å². The molecule has 2 aromatic carbocycles. The second kappa shape index (κ2) is 5.75. The zero-order valence-corrected chi connectivity index (χ0v) is 11.7. The first-order valence-electron chi connectivity index (χ1n) is 5.83. The van der Waals surface area contributed by atoms with Crippen molar-refractivity contribution >= 4 is 23.2 Å². The van der Waals surface area contributed by atoms with E-state index in [1.54, 1.807) is 6.07 Å². The van der Waals surface area contributed by atoms with E-state index in [0.29, 0.717) is 10.0 Å². The van der Waals surface area contributed by atoms with Crippen molar-refractivity contribution in [3.63, 3.8) is 0 Å². The summed E-state index contributed by atoms with van der Waals surface area (Å²) in [7, 11) is 0. The molecule has 0 aliphatic rings. The van der Waals surface area contributed by atoms with Gasteiger partial charge in [-0.2, -0.15) is 0 Å². The third kappa shape index (κ3) is 3.05. The summed E-state index contributed by atoms with van der Waals surface area (Å²) >= 11 is 12.2. The van der Waals surface area contributed by atoms with Crippen LogP contribution in [0.4, 0.5) is 0 Å². The van der Waals surface area contributed by atoms with Gasteiger partial charge in [-0.1, -0.05) is 59.6 Å². The van der Waals surface area contributed by atoms with Gasteiger partial charge in [0.2, 0.25) is 0 Å². The maximum Gasteiger partial charge on any atom is 0.0468 e. The Labute approximate surface area is 118 Å². The number of hydrogen-bond acceptors (Lipinski definition) is 1. The fraction of sp³-hybridized carbons (Fsp3) is 0.200. The molecule has 2 rings (SSSR count). The molecule has 0 radical (unpaired) electrons. The number of rotatable bonds is 3. The summed E-state index contributed by atoms with van der Waals surface area (Å²) in [5.74, 6) is 0. The van der Waals surface area contributed by atoms with Crippen molar-refractivity contribution in [3.05, 3.63) is 69.2 Å². The maximum atomic E-state index is 6.22. The van der Waals surface area contributed by atoms with E-state index in [0.717, 1.165) is 17.5 Å². The van der Waals surface area contributed by atoms with Gasteiger partial charge in [-0.25, -0.2) is 0 Å². The Hall–Kier alpha value is -1.02. The molecular weight excluding hydrogens is 265 g/mol. The minimum atomic E-state index is -0.115. The standard InChI is InChI=1S/C15H15Cl2N/c1-10-7-12(14(17)9-13(10)16)15(18)8-11-5-3-2-4-6-11/h2-7,9,15H,8,18H2,1H3. The fourth-order valence-electron chi connectivity index (χ4n) is 1.94. The lowest BCUT2D eigenvalue weighted by molar-refractivity contribution is 0.721. The Morgan fingerprint density at radius 2 is 1.72 bits per heavy atom. The van der Waals surface area contributed by atoms with Crippen LogP contribution in [-0.2, 0) is 6.42 Å². The second-order valence-electron chi connectivity index (χ2n) is 4.42. The molecule has 1 nitrogen and oxygen atoms in total. The summed E-state index contributed by atoms with van der Waals surface area (Å²) in [6.07, 6.45) is 0.766. The number of benzene rings is 2. The van der Waals surface area contributed by atoms with Crippen molar-refractivity contribution in [1.82, 2.24) is 0 Å². The Balaban J connectivity index is 2.24. The molecule has 0 saturated heterocycles. The van der Waals surface area contributed by atoms with Crippen molar-refractivity contribution < 1.29 is 0 Å². The first-order valence-corrected chi connectivity index (χ1v) is 6.58. The molecule has 0 aromatic heterocycles. The highest BCUT2D eigenvalue weighted by Crippen LogP contribution is 2.29. The molecule has 0 amide bonds. The quantitative estimate of drug-likeness (QED) is 0.877. The summed E-state index contributed by atoms with van der Waals surface area (Å²) in [5.41, 5.74) is 9.37. The SMILES string of the molecule is Cc1cc(C(N)Cc2ccccc2)c(Cl)cc1Cl. The summed E-state index contributed by atoms with van der Waals surface area (Å²) in [5, 5.41) is 1.31. The third-order valence-corrected chi connectivity index (χ3v) is 3.71. The van der Waals surface area contributed by atoms with Gasteiger partial charge in [-0.05, 0) is 36.1 Å². The molecular formula is C15H15Cl2N. The minimum Gasteiger partial charge on any atom is -0.324 e. The molecule has 3 heteroatoms. The summed E-state index contributed by atoms with van der Waals surface area (Å²) in [6, 6.07) is 13.8. The van der Waals surface area contributed by atoms with Crippen LogP contribution >= 0.6 is 23.2 Å². The lowest BCUT2D eigenvalue weighted by Crippen LogP contribution is -2.14. The molecule has 0 aliphatic carbocycles. The normalized spacial score (nSPS) is 12.4. The Morgan fingerprint density at radius 1 is 1.06 bits per heavy atom. The number of halogens is 2. The van der Waals surface area contributed by atoms with Gasteiger partial charge in [-0.15, -0.1) is 0 Å². The van der Waals surface area contributed by atoms with E-state index < -0.39 is 0 Å². The van der Waals surface area contributed by atoms with Crippen LogP contribution in [0.5, 0.6) is 0 Å². The van der Waals surface area contributed by atoms with Gasteiger partial charge in [0.15, 0.2) is 0 Å². The van der Waals surface area contributed by atoms with Crippen LogP contribution < -0.4 is 5.73 Å². The van der Waals surface area contributed by atoms with E-state index in [2.05, 4.69) is 12.1 Å². The monoisotopic (exact) mass is 279 g/mol. The number of nitrogens with two attached hydrogens (primary N) is 1. The van der Waals surface area contributed by atoms with Gasteiger partial charge < -0.3 is 5.73 Å². The van der Waals surface area contributed by atoms with Crippen molar-refractivity contribution in [2.45, 2.75) is 19.4 Å². The summed E-state index contributed by atoms with van der Waals surface area (Å²) < 4.78 is 0. The molecule has 94 valence electrons. The van der Waals surface area contributed by atoms with Gasteiger partial charge in [0.1, 0.15) is 0 Å². The van der Waals surface area contributed by atoms with Crippen LogP contribution in [0.25, 0.3) is 0 Å². The van der Waals surface area contributed by atoms with Crippen LogP contribution in [0, 0.1) is 6.92 Å². The van der Waals surface area contributed by atoms with Crippen LogP contribution in [0.3, 0.4) is 0 Å². The van der Waals surface area contributed by atoms with Gasteiger partial charge in [-0.3, -0.25) is 0 Å². The predicted molar refractivity (Wildman–Crippen MR) is 78.3 cm³/mol. The van der Waals surface area contributed by atoms with E-state index in [-0.39, 0.29) is 6.04 Å². The molecule has 0 heterocycles. The highest BCUT2D eigenvalue weighted by Gasteiger charge is 2.12. The van der Waals surface area contributed by atoms with Gasteiger partial charge in [0.05, 0.1) is 0 Å². The van der Waals surface area contributed by atoms with Gasteiger partial charge in [0, 0.05) is 16.1 Å². The smallest absolute Gasteiger partial charge is 0.0468 e. The van der Waals surface area contributed by atoms with Crippen LogP contribution in [0.15, 0.2) is 42.5 Å². The largest absolute Gasteiger partial charge is 0.324 e. The lowest BCUT2D eigenvalue weighted by atomic mass is 9.98. The molecule has 0 fully saturated rings. The third-order valence-electron chi connectivity index (χ3n) is 2.98. The average molecular weight is 280 g/mol. The summed E-state index contributed by atoms with van der Waals surface area (Å²) in [6.45, 7) is 1.96. The van der Waals surface area contributed by atoms with Crippen LogP contribution in [0.1, 0.15) is 22.7 Å². The molecule has 1 atom stereocenters. The van der Waals surface area contributed by atoms with E-state index in [9.17, 15) is 0 Å². The number of aryl methyl sites for hydroxylation is 1. The highest BCUT2D eigenvalue weighted by atomic mass is 35.5. The number of hydrogen-bond donors (Lipinski definition) is 1. The van der Waals surface area contributed by atoms with E-state index in [1.165, 1.54) is 5.56 Å². The molecule has 2 N–H and O–H groups in total. The topological polar surface area (TPSA) is 26.0 Å². The Morgan fingerprint density at radius 3 is 2.39 bits per heavy atom. The Kier molecular flexibility index (Phi) is 4.28. The van der Waals surface area contributed by atoms with Crippen molar-refractivity contribution in [2.75, 3.05) is 0 Å². The van der Waals surface area contributed by atoms with Crippen molar-refractivity contribution in [1.29, 1.82) is 0 Å². The molecule has 0 saturated carbocycles. The molecule has 2 aromatic rings. The highest BCUT2D eigenvalue weighted by molar-refractivity contribution is 6.35. The summed E-state index contributed by atoms with van der Waals surface area (Å²) in [4.78, 5) is 0. The first kappa shape index (κ1) is 13.4. The van der Waals surface area contributed by atoms with Crippen molar-refractivity contribution in [2.24, 2.45) is 5.73 Å². The van der Waals surface area contributed by atoms with E-state index in [4.69, 9.17) is 28.9 Å².